The van der Waals surface area contributed by atoms with Crippen LogP contribution in [0.15, 0.2) is 24.3 Å². The standard InChI is InChI=1S/C26H35N5O3/c1-18-6-7-21(27-18)26-29-22-17-24(34-13-5-12-31-10-3-4-11-31)23(32-2)16-20(22)25(30-26)28-19-8-14-33-15-9-19/h6-7,16-17,19,27H,3-5,8-15H2,1-2H3,(H,28,29,30). The van der Waals surface area contributed by atoms with Gasteiger partial charge in [0.15, 0.2) is 17.3 Å². The van der Waals surface area contributed by atoms with Crippen molar-refractivity contribution in [3.63, 3.8) is 0 Å². The second-order valence-corrected chi connectivity index (χ2v) is 9.25. The molecule has 2 aliphatic heterocycles. The van der Waals surface area contributed by atoms with Crippen molar-refractivity contribution in [3.8, 4) is 23.0 Å². The third-order valence-electron chi connectivity index (χ3n) is 6.69. The predicted octanol–water partition coefficient (Wildman–Crippen LogP) is 4.40. The Kier molecular flexibility index (Phi) is 7.16. The van der Waals surface area contributed by atoms with E-state index in [9.17, 15) is 0 Å². The van der Waals surface area contributed by atoms with Crippen LogP contribution in [0.1, 0.15) is 37.8 Å². The van der Waals surface area contributed by atoms with Crippen LogP contribution in [-0.4, -0.2) is 72.5 Å². The number of aryl methyl sites for hydroxylation is 1. The van der Waals surface area contributed by atoms with Gasteiger partial charge >= 0.3 is 0 Å². The van der Waals surface area contributed by atoms with E-state index in [0.717, 1.165) is 72.9 Å². The number of nitrogens with zero attached hydrogens (tertiary/aromatic N) is 3. The van der Waals surface area contributed by atoms with Crippen molar-refractivity contribution in [2.24, 2.45) is 0 Å². The lowest BCUT2D eigenvalue weighted by Gasteiger charge is -2.24. The van der Waals surface area contributed by atoms with Crippen molar-refractivity contribution in [1.29, 1.82) is 0 Å². The Morgan fingerprint density at radius 1 is 1.12 bits per heavy atom. The molecule has 2 N–H and O–H groups in total. The molecule has 2 aliphatic rings. The number of methoxy groups -OCH3 is 1. The summed E-state index contributed by atoms with van der Waals surface area (Å²) >= 11 is 0. The van der Waals surface area contributed by atoms with Crippen molar-refractivity contribution >= 4 is 16.7 Å². The molecule has 0 amide bonds. The number of hydrogen-bond donors (Lipinski definition) is 2. The first-order valence-corrected chi connectivity index (χ1v) is 12.4. The van der Waals surface area contributed by atoms with E-state index < -0.39 is 0 Å². The quantitative estimate of drug-likeness (QED) is 0.453. The SMILES string of the molecule is COc1cc2c(NC3CCOCC3)nc(-c3ccc(C)[nH]3)nc2cc1OCCCN1CCCC1. The number of likely N-dealkylation sites (tertiary alicyclic amines) is 1. The summed E-state index contributed by atoms with van der Waals surface area (Å²) in [6.07, 6.45) is 5.53. The van der Waals surface area contributed by atoms with E-state index in [1.807, 2.05) is 31.2 Å². The number of ether oxygens (including phenoxy) is 3. The third kappa shape index (κ3) is 5.28. The van der Waals surface area contributed by atoms with Crippen molar-refractivity contribution in [2.75, 3.05) is 51.9 Å². The van der Waals surface area contributed by atoms with Crippen molar-refractivity contribution in [3.05, 3.63) is 30.0 Å². The molecule has 2 fully saturated rings. The summed E-state index contributed by atoms with van der Waals surface area (Å²) in [4.78, 5) is 15.7. The highest BCUT2D eigenvalue weighted by Gasteiger charge is 2.19. The average Bonchev–Trinajstić information content (AvgIpc) is 3.54. The van der Waals surface area contributed by atoms with E-state index in [-0.39, 0.29) is 0 Å². The summed E-state index contributed by atoms with van der Waals surface area (Å²) in [5, 5.41) is 4.58. The van der Waals surface area contributed by atoms with Gasteiger partial charge in [0.2, 0.25) is 0 Å². The second kappa shape index (κ2) is 10.6. The molecule has 8 heteroatoms. The summed E-state index contributed by atoms with van der Waals surface area (Å²) < 4.78 is 17.4. The van der Waals surface area contributed by atoms with Gasteiger partial charge < -0.3 is 29.4 Å². The molecule has 5 rings (SSSR count). The van der Waals surface area contributed by atoms with E-state index in [1.54, 1.807) is 7.11 Å². The summed E-state index contributed by atoms with van der Waals surface area (Å²) in [5.41, 5.74) is 2.81. The number of anilines is 1. The lowest BCUT2D eigenvalue weighted by Crippen LogP contribution is -2.28. The highest BCUT2D eigenvalue weighted by Crippen LogP contribution is 2.36. The molecular weight excluding hydrogens is 430 g/mol. The molecule has 1 aromatic carbocycles. The number of H-pyrrole nitrogens is 1. The zero-order valence-corrected chi connectivity index (χ0v) is 20.2. The molecule has 0 radical (unpaired) electrons. The van der Waals surface area contributed by atoms with Crippen LogP contribution in [0.5, 0.6) is 11.5 Å². The molecule has 2 aromatic heterocycles. The first-order chi connectivity index (χ1) is 16.7. The van der Waals surface area contributed by atoms with Crippen LogP contribution in [0.2, 0.25) is 0 Å². The minimum Gasteiger partial charge on any atom is -0.493 e. The van der Waals surface area contributed by atoms with Crippen LogP contribution in [0.3, 0.4) is 0 Å². The molecule has 0 spiro atoms. The Hall–Kier alpha value is -2.84. The molecular formula is C26H35N5O3. The van der Waals surface area contributed by atoms with Crippen LogP contribution in [0.4, 0.5) is 5.82 Å². The largest absolute Gasteiger partial charge is 0.493 e. The Morgan fingerprint density at radius 3 is 2.68 bits per heavy atom. The summed E-state index contributed by atoms with van der Waals surface area (Å²) in [6.45, 7) is 7.71. The summed E-state index contributed by atoms with van der Waals surface area (Å²) in [6, 6.07) is 8.36. The van der Waals surface area contributed by atoms with Crippen LogP contribution in [-0.2, 0) is 4.74 Å². The molecule has 4 heterocycles. The number of aromatic amines is 1. The minimum absolute atomic E-state index is 0.317. The van der Waals surface area contributed by atoms with Crippen LogP contribution < -0.4 is 14.8 Å². The number of hydrogen-bond acceptors (Lipinski definition) is 7. The number of nitrogens with one attached hydrogen (secondary N) is 2. The number of benzene rings is 1. The second-order valence-electron chi connectivity index (χ2n) is 9.25. The number of aromatic nitrogens is 3. The first kappa shape index (κ1) is 22.9. The van der Waals surface area contributed by atoms with Gasteiger partial charge in [-0.2, -0.15) is 0 Å². The van der Waals surface area contributed by atoms with Crippen molar-refractivity contribution < 1.29 is 14.2 Å². The molecule has 0 saturated carbocycles. The van der Waals surface area contributed by atoms with Gasteiger partial charge in [-0.05, 0) is 70.3 Å². The zero-order valence-electron chi connectivity index (χ0n) is 20.2. The molecule has 2 saturated heterocycles. The third-order valence-corrected chi connectivity index (χ3v) is 6.69. The molecule has 8 nitrogen and oxygen atoms in total. The summed E-state index contributed by atoms with van der Waals surface area (Å²) in [7, 11) is 1.68. The maximum absolute atomic E-state index is 6.18. The van der Waals surface area contributed by atoms with Gasteiger partial charge in [-0.15, -0.1) is 0 Å². The topological polar surface area (TPSA) is 84.5 Å². The first-order valence-electron chi connectivity index (χ1n) is 12.4. The molecule has 0 bridgehead atoms. The fourth-order valence-corrected chi connectivity index (χ4v) is 4.79. The van der Waals surface area contributed by atoms with Gasteiger partial charge in [0.1, 0.15) is 5.82 Å². The fraction of sp³-hybridized carbons (Fsp3) is 0.538. The molecule has 34 heavy (non-hydrogen) atoms. The zero-order chi connectivity index (χ0) is 23.3. The van der Waals surface area contributed by atoms with E-state index in [2.05, 4.69) is 15.2 Å². The number of rotatable bonds is 9. The maximum Gasteiger partial charge on any atom is 0.178 e. The normalized spacial score (nSPS) is 17.4. The average molecular weight is 466 g/mol. The molecule has 0 unspecified atom stereocenters. The van der Waals surface area contributed by atoms with Gasteiger partial charge in [0.05, 0.1) is 24.9 Å². The Balaban J connectivity index is 1.43. The van der Waals surface area contributed by atoms with Crippen molar-refractivity contribution in [2.45, 2.75) is 45.1 Å². The highest BCUT2D eigenvalue weighted by molar-refractivity contribution is 5.93. The predicted molar refractivity (Wildman–Crippen MR) is 134 cm³/mol. The molecule has 3 aromatic rings. The van der Waals surface area contributed by atoms with E-state index in [1.165, 1.54) is 25.9 Å². The van der Waals surface area contributed by atoms with E-state index in [0.29, 0.717) is 24.2 Å². The molecule has 0 atom stereocenters. The summed E-state index contributed by atoms with van der Waals surface area (Å²) in [5.74, 6) is 2.91. The van der Waals surface area contributed by atoms with Crippen LogP contribution in [0, 0.1) is 6.92 Å². The highest BCUT2D eigenvalue weighted by atomic mass is 16.5. The lowest BCUT2D eigenvalue weighted by atomic mass is 10.1. The van der Waals surface area contributed by atoms with E-state index >= 15 is 0 Å². The Morgan fingerprint density at radius 2 is 1.94 bits per heavy atom. The van der Waals surface area contributed by atoms with Gasteiger partial charge in [-0.1, -0.05) is 0 Å². The number of fused-ring (bicyclic) bond motifs is 1. The van der Waals surface area contributed by atoms with Gasteiger partial charge in [0, 0.05) is 42.9 Å². The fourth-order valence-electron chi connectivity index (χ4n) is 4.79. The van der Waals surface area contributed by atoms with Gasteiger partial charge in [-0.3, -0.25) is 0 Å². The molecule has 182 valence electrons. The Labute approximate surface area is 201 Å². The maximum atomic E-state index is 6.18. The van der Waals surface area contributed by atoms with Crippen LogP contribution in [0.25, 0.3) is 22.4 Å². The monoisotopic (exact) mass is 465 g/mol. The Bertz CT molecular complexity index is 1100. The van der Waals surface area contributed by atoms with Gasteiger partial charge in [-0.25, -0.2) is 9.97 Å². The van der Waals surface area contributed by atoms with Crippen LogP contribution >= 0.6 is 0 Å². The molecule has 0 aliphatic carbocycles. The van der Waals surface area contributed by atoms with Gasteiger partial charge in [0.25, 0.3) is 0 Å². The lowest BCUT2D eigenvalue weighted by molar-refractivity contribution is 0.0904. The van der Waals surface area contributed by atoms with Crippen molar-refractivity contribution in [1.82, 2.24) is 19.9 Å². The van der Waals surface area contributed by atoms with E-state index in [4.69, 9.17) is 24.2 Å². The minimum atomic E-state index is 0.317. The smallest absolute Gasteiger partial charge is 0.178 e.